The summed E-state index contributed by atoms with van der Waals surface area (Å²) in [6.45, 7) is 0. The molecule has 2 fully saturated rings. The Bertz CT molecular complexity index is 492. The van der Waals surface area contributed by atoms with Gasteiger partial charge in [0.25, 0.3) is 0 Å². The van der Waals surface area contributed by atoms with Gasteiger partial charge in [-0.1, -0.05) is 25.0 Å². The summed E-state index contributed by atoms with van der Waals surface area (Å²) < 4.78 is 44.4. The van der Waals surface area contributed by atoms with Gasteiger partial charge in [0.2, 0.25) is 0 Å². The van der Waals surface area contributed by atoms with E-state index in [-0.39, 0.29) is 17.3 Å². The molecule has 5 heteroatoms. The molecule has 2 aliphatic carbocycles. The van der Waals surface area contributed by atoms with Crippen molar-refractivity contribution >= 4 is 0 Å². The number of aliphatic hydroxyl groups is 1. The number of hydrogen-bond acceptors (Lipinski definition) is 2. The Morgan fingerprint density at radius 2 is 1.80 bits per heavy atom. The SMILES string of the molecule is OC1CC(Oc2ccccc2C(F)(F)F)C12CCCC2. The summed E-state index contributed by atoms with van der Waals surface area (Å²) in [7, 11) is 0. The minimum Gasteiger partial charge on any atom is -0.489 e. The molecular formula is C15H17F3O2. The molecule has 0 aromatic heterocycles. The third kappa shape index (κ3) is 2.08. The van der Waals surface area contributed by atoms with E-state index >= 15 is 0 Å². The molecule has 2 aliphatic rings. The molecule has 1 aromatic carbocycles. The van der Waals surface area contributed by atoms with Gasteiger partial charge in [0, 0.05) is 11.8 Å². The van der Waals surface area contributed by atoms with Crippen molar-refractivity contribution in [3.8, 4) is 5.75 Å². The molecule has 110 valence electrons. The molecule has 0 saturated heterocycles. The first-order valence-electron chi connectivity index (χ1n) is 6.94. The quantitative estimate of drug-likeness (QED) is 0.896. The first-order chi connectivity index (χ1) is 9.43. The summed E-state index contributed by atoms with van der Waals surface area (Å²) in [5.74, 6) is -0.122. The Labute approximate surface area is 115 Å². The lowest BCUT2D eigenvalue weighted by Gasteiger charge is -2.51. The second kappa shape index (κ2) is 4.65. The van der Waals surface area contributed by atoms with Crippen LogP contribution in [0.1, 0.15) is 37.7 Å². The van der Waals surface area contributed by atoms with Crippen molar-refractivity contribution in [2.45, 2.75) is 50.5 Å². The van der Waals surface area contributed by atoms with E-state index in [0.29, 0.717) is 6.42 Å². The van der Waals surface area contributed by atoms with E-state index in [0.717, 1.165) is 31.7 Å². The van der Waals surface area contributed by atoms with Crippen LogP contribution in [0.25, 0.3) is 0 Å². The average molecular weight is 286 g/mol. The highest BCUT2D eigenvalue weighted by Crippen LogP contribution is 2.55. The number of halogens is 3. The number of rotatable bonds is 2. The lowest BCUT2D eigenvalue weighted by molar-refractivity contribution is -0.160. The van der Waals surface area contributed by atoms with Gasteiger partial charge in [-0.05, 0) is 25.0 Å². The fourth-order valence-electron chi connectivity index (χ4n) is 3.54. The zero-order valence-corrected chi connectivity index (χ0v) is 11.0. The van der Waals surface area contributed by atoms with Crippen molar-refractivity contribution < 1.29 is 23.0 Å². The Morgan fingerprint density at radius 3 is 2.40 bits per heavy atom. The molecular weight excluding hydrogens is 269 g/mol. The Balaban J connectivity index is 1.83. The van der Waals surface area contributed by atoms with Gasteiger partial charge in [0.05, 0.1) is 11.7 Å². The van der Waals surface area contributed by atoms with Gasteiger partial charge in [0.1, 0.15) is 11.9 Å². The number of alkyl halides is 3. The molecule has 1 spiro atoms. The largest absolute Gasteiger partial charge is 0.489 e. The van der Waals surface area contributed by atoms with E-state index in [2.05, 4.69) is 0 Å². The molecule has 0 radical (unpaired) electrons. The van der Waals surface area contributed by atoms with Gasteiger partial charge >= 0.3 is 6.18 Å². The van der Waals surface area contributed by atoms with Crippen molar-refractivity contribution in [2.75, 3.05) is 0 Å². The lowest BCUT2D eigenvalue weighted by Crippen LogP contribution is -2.58. The van der Waals surface area contributed by atoms with Crippen LogP contribution in [-0.2, 0) is 6.18 Å². The van der Waals surface area contributed by atoms with E-state index < -0.39 is 17.8 Å². The van der Waals surface area contributed by atoms with Gasteiger partial charge in [-0.25, -0.2) is 0 Å². The van der Waals surface area contributed by atoms with Crippen LogP contribution >= 0.6 is 0 Å². The van der Waals surface area contributed by atoms with Crippen LogP contribution in [0.2, 0.25) is 0 Å². The minimum absolute atomic E-state index is 0.122. The maximum Gasteiger partial charge on any atom is 0.419 e. The number of hydrogen-bond donors (Lipinski definition) is 1. The third-order valence-electron chi connectivity index (χ3n) is 4.74. The summed E-state index contributed by atoms with van der Waals surface area (Å²) in [6, 6.07) is 5.29. The molecule has 2 unspecified atom stereocenters. The summed E-state index contributed by atoms with van der Waals surface area (Å²) >= 11 is 0. The summed E-state index contributed by atoms with van der Waals surface area (Å²) in [5.41, 5.74) is -1.06. The highest BCUT2D eigenvalue weighted by atomic mass is 19.4. The van der Waals surface area contributed by atoms with E-state index in [1.807, 2.05) is 0 Å². The first-order valence-corrected chi connectivity index (χ1v) is 6.94. The molecule has 0 heterocycles. The fraction of sp³-hybridized carbons (Fsp3) is 0.600. The Hall–Kier alpha value is -1.23. The maximum absolute atomic E-state index is 12.9. The molecule has 3 rings (SSSR count). The molecule has 0 bridgehead atoms. The van der Waals surface area contributed by atoms with Gasteiger partial charge in [-0.15, -0.1) is 0 Å². The first kappa shape index (κ1) is 13.7. The molecule has 20 heavy (non-hydrogen) atoms. The number of para-hydroxylation sites is 1. The standard InChI is InChI=1S/C15H17F3O2/c16-15(17,18)10-5-1-2-6-11(10)20-13-9-12(19)14(13)7-3-4-8-14/h1-2,5-6,12-13,19H,3-4,7-9H2. The third-order valence-corrected chi connectivity index (χ3v) is 4.74. The van der Waals surface area contributed by atoms with Crippen LogP contribution in [0.4, 0.5) is 13.2 Å². The smallest absolute Gasteiger partial charge is 0.419 e. The predicted molar refractivity (Wildman–Crippen MR) is 67.4 cm³/mol. The van der Waals surface area contributed by atoms with Crippen LogP contribution in [0.15, 0.2) is 24.3 Å². The highest BCUT2D eigenvalue weighted by molar-refractivity contribution is 5.36. The Kier molecular flexibility index (Phi) is 3.20. The molecule has 2 atom stereocenters. The predicted octanol–water partition coefficient (Wildman–Crippen LogP) is 3.78. The van der Waals surface area contributed by atoms with Crippen LogP contribution < -0.4 is 4.74 Å². The molecule has 1 N–H and O–H groups in total. The van der Waals surface area contributed by atoms with Gasteiger partial charge in [-0.3, -0.25) is 0 Å². The van der Waals surface area contributed by atoms with Crippen LogP contribution in [-0.4, -0.2) is 17.3 Å². The zero-order chi connectivity index (χ0) is 14.4. The van der Waals surface area contributed by atoms with Gasteiger partial charge < -0.3 is 9.84 Å². The molecule has 1 aromatic rings. The molecule has 0 amide bonds. The maximum atomic E-state index is 12.9. The van der Waals surface area contributed by atoms with Crippen molar-refractivity contribution in [1.82, 2.24) is 0 Å². The highest BCUT2D eigenvalue weighted by Gasteiger charge is 2.57. The fourth-order valence-corrected chi connectivity index (χ4v) is 3.54. The van der Waals surface area contributed by atoms with Crippen LogP contribution in [0, 0.1) is 5.41 Å². The summed E-state index contributed by atoms with van der Waals surface area (Å²) in [6.07, 6.45) is -1.03. The van der Waals surface area contributed by atoms with Gasteiger partial charge in [-0.2, -0.15) is 13.2 Å². The topological polar surface area (TPSA) is 29.5 Å². The van der Waals surface area contributed by atoms with E-state index in [1.165, 1.54) is 12.1 Å². The van der Waals surface area contributed by atoms with Crippen molar-refractivity contribution in [3.05, 3.63) is 29.8 Å². The van der Waals surface area contributed by atoms with Gasteiger partial charge in [0.15, 0.2) is 0 Å². The second-order valence-corrected chi connectivity index (χ2v) is 5.79. The van der Waals surface area contributed by atoms with Crippen LogP contribution in [0.5, 0.6) is 5.75 Å². The zero-order valence-electron chi connectivity index (χ0n) is 11.0. The van der Waals surface area contributed by atoms with E-state index in [1.54, 1.807) is 6.07 Å². The van der Waals surface area contributed by atoms with Crippen molar-refractivity contribution in [3.63, 3.8) is 0 Å². The number of ether oxygens (including phenoxy) is 1. The Morgan fingerprint density at radius 1 is 1.15 bits per heavy atom. The normalized spacial score (nSPS) is 28.4. The minimum atomic E-state index is -4.41. The number of aliphatic hydroxyl groups excluding tert-OH is 1. The summed E-state index contributed by atoms with van der Waals surface area (Å²) in [4.78, 5) is 0. The van der Waals surface area contributed by atoms with Crippen molar-refractivity contribution in [2.24, 2.45) is 5.41 Å². The van der Waals surface area contributed by atoms with E-state index in [4.69, 9.17) is 4.74 Å². The average Bonchev–Trinajstić information content (AvgIpc) is 2.90. The van der Waals surface area contributed by atoms with Crippen LogP contribution in [0.3, 0.4) is 0 Å². The number of benzene rings is 1. The molecule has 0 aliphatic heterocycles. The lowest BCUT2D eigenvalue weighted by atomic mass is 9.62. The van der Waals surface area contributed by atoms with E-state index in [9.17, 15) is 18.3 Å². The summed E-state index contributed by atoms with van der Waals surface area (Å²) in [5, 5.41) is 9.97. The van der Waals surface area contributed by atoms with Crippen molar-refractivity contribution in [1.29, 1.82) is 0 Å². The molecule has 2 saturated carbocycles. The second-order valence-electron chi connectivity index (χ2n) is 5.79. The molecule has 2 nitrogen and oxygen atoms in total. The monoisotopic (exact) mass is 286 g/mol.